The van der Waals surface area contributed by atoms with Crippen LogP contribution in [0.25, 0.3) is 0 Å². The van der Waals surface area contributed by atoms with E-state index in [0.29, 0.717) is 30.2 Å². The van der Waals surface area contributed by atoms with Gasteiger partial charge in [-0.05, 0) is 24.6 Å². The second-order valence-corrected chi connectivity index (χ2v) is 4.11. The lowest BCUT2D eigenvalue weighted by molar-refractivity contribution is 0.292. The van der Waals surface area contributed by atoms with E-state index >= 15 is 0 Å². The molecule has 0 aliphatic carbocycles. The van der Waals surface area contributed by atoms with E-state index in [0.717, 1.165) is 5.69 Å². The van der Waals surface area contributed by atoms with Gasteiger partial charge < -0.3 is 15.7 Å². The lowest BCUT2D eigenvalue weighted by atomic mass is 10.2. The van der Waals surface area contributed by atoms with Gasteiger partial charge in [0.25, 0.3) is 0 Å². The Labute approximate surface area is 117 Å². The zero-order valence-corrected chi connectivity index (χ0v) is 10.9. The Bertz CT molecular complexity index is 609. The summed E-state index contributed by atoms with van der Waals surface area (Å²) in [6.07, 6.45) is 2.12. The van der Waals surface area contributed by atoms with Gasteiger partial charge in [0.2, 0.25) is 0 Å². The number of benzene rings is 1. The highest BCUT2D eigenvalue weighted by molar-refractivity contribution is 5.60. The molecule has 6 heteroatoms. The molecule has 3 N–H and O–H groups in total. The van der Waals surface area contributed by atoms with Crippen LogP contribution in [0.2, 0.25) is 0 Å². The molecule has 1 aromatic heterocycles. The van der Waals surface area contributed by atoms with Crippen molar-refractivity contribution in [1.29, 1.82) is 5.26 Å². The molecule has 0 spiro atoms. The maximum absolute atomic E-state index is 8.86. The van der Waals surface area contributed by atoms with Gasteiger partial charge in [-0.15, -0.1) is 0 Å². The third-order valence-electron chi connectivity index (χ3n) is 2.57. The summed E-state index contributed by atoms with van der Waals surface area (Å²) in [6.45, 7) is 0.793. The van der Waals surface area contributed by atoms with E-state index in [-0.39, 0.29) is 6.61 Å². The van der Waals surface area contributed by atoms with Crippen molar-refractivity contribution in [2.75, 3.05) is 23.8 Å². The summed E-state index contributed by atoms with van der Waals surface area (Å²) >= 11 is 0. The molecule has 6 nitrogen and oxygen atoms in total. The number of hydrogen-bond donors (Lipinski definition) is 3. The molecule has 1 aromatic carbocycles. The summed E-state index contributed by atoms with van der Waals surface area (Å²) in [5.74, 6) is 1.33. The Morgan fingerprint density at radius 2 is 2.05 bits per heavy atom. The maximum atomic E-state index is 8.86. The van der Waals surface area contributed by atoms with Crippen LogP contribution >= 0.6 is 0 Å². The summed E-state index contributed by atoms with van der Waals surface area (Å²) in [6, 6.07) is 11.0. The second kappa shape index (κ2) is 7.07. The average molecular weight is 269 g/mol. The molecular weight excluding hydrogens is 254 g/mol. The van der Waals surface area contributed by atoms with Gasteiger partial charge in [0.1, 0.15) is 18.0 Å². The average Bonchev–Trinajstić information content (AvgIpc) is 2.48. The van der Waals surface area contributed by atoms with Crippen LogP contribution in [0, 0.1) is 11.3 Å². The zero-order valence-electron chi connectivity index (χ0n) is 10.9. The Morgan fingerprint density at radius 1 is 1.20 bits per heavy atom. The highest BCUT2D eigenvalue weighted by atomic mass is 16.3. The van der Waals surface area contributed by atoms with Crippen molar-refractivity contribution in [1.82, 2.24) is 9.97 Å². The first-order valence-electron chi connectivity index (χ1n) is 6.26. The molecule has 0 aliphatic heterocycles. The fourth-order valence-electron chi connectivity index (χ4n) is 1.63. The molecule has 0 radical (unpaired) electrons. The molecule has 0 unspecified atom stereocenters. The van der Waals surface area contributed by atoms with Crippen LogP contribution in [0.1, 0.15) is 12.0 Å². The minimum absolute atomic E-state index is 0.143. The fourth-order valence-corrected chi connectivity index (χ4v) is 1.63. The van der Waals surface area contributed by atoms with E-state index < -0.39 is 0 Å². The number of aliphatic hydroxyl groups excluding tert-OH is 1. The summed E-state index contributed by atoms with van der Waals surface area (Å²) in [5.41, 5.74) is 1.38. The molecule has 102 valence electrons. The normalized spacial score (nSPS) is 9.80. The molecule has 0 bridgehead atoms. The standard InChI is InChI=1S/C14H15N5O/c15-9-11-3-1-4-12(7-11)19-14-8-13(17-10-18-14)16-5-2-6-20/h1,3-4,7-8,10,20H,2,5-6H2,(H2,16,17,18,19). The predicted octanol–water partition coefficient (Wildman–Crippen LogP) is 1.89. The largest absolute Gasteiger partial charge is 0.396 e. The van der Waals surface area contributed by atoms with Gasteiger partial charge in [0.05, 0.1) is 11.6 Å². The van der Waals surface area contributed by atoms with Crippen molar-refractivity contribution in [3.05, 3.63) is 42.2 Å². The van der Waals surface area contributed by atoms with Crippen molar-refractivity contribution >= 4 is 17.3 Å². The molecule has 0 atom stereocenters. The molecule has 0 amide bonds. The smallest absolute Gasteiger partial charge is 0.135 e. The lowest BCUT2D eigenvalue weighted by Gasteiger charge is -2.08. The van der Waals surface area contributed by atoms with Gasteiger partial charge >= 0.3 is 0 Å². The Hall–Kier alpha value is -2.65. The first-order valence-corrected chi connectivity index (χ1v) is 6.26. The van der Waals surface area contributed by atoms with E-state index in [4.69, 9.17) is 10.4 Å². The van der Waals surface area contributed by atoms with Crippen molar-refractivity contribution in [2.24, 2.45) is 0 Å². The van der Waals surface area contributed by atoms with Gasteiger partial charge in [-0.2, -0.15) is 5.26 Å². The summed E-state index contributed by atoms with van der Waals surface area (Å²) in [5, 5.41) is 23.8. The van der Waals surface area contributed by atoms with Crippen LogP contribution in [0.5, 0.6) is 0 Å². The maximum Gasteiger partial charge on any atom is 0.135 e. The second-order valence-electron chi connectivity index (χ2n) is 4.11. The van der Waals surface area contributed by atoms with Crippen molar-refractivity contribution in [2.45, 2.75) is 6.42 Å². The fraction of sp³-hybridized carbons (Fsp3) is 0.214. The minimum atomic E-state index is 0.143. The monoisotopic (exact) mass is 269 g/mol. The van der Waals surface area contributed by atoms with Crippen LogP contribution in [0.15, 0.2) is 36.7 Å². The van der Waals surface area contributed by atoms with Crippen LogP contribution in [0.3, 0.4) is 0 Å². The molecule has 1 heterocycles. The molecule has 2 aromatic rings. The number of rotatable bonds is 6. The van der Waals surface area contributed by atoms with Gasteiger partial charge in [-0.3, -0.25) is 0 Å². The quantitative estimate of drug-likeness (QED) is 0.693. The van der Waals surface area contributed by atoms with E-state index in [2.05, 4.69) is 26.7 Å². The molecular formula is C14H15N5O. The number of nitrogens with one attached hydrogen (secondary N) is 2. The zero-order chi connectivity index (χ0) is 14.2. The lowest BCUT2D eigenvalue weighted by Crippen LogP contribution is -2.06. The van der Waals surface area contributed by atoms with Crippen molar-refractivity contribution in [3.63, 3.8) is 0 Å². The Balaban J connectivity index is 2.05. The number of aromatic nitrogens is 2. The van der Waals surface area contributed by atoms with E-state index in [1.165, 1.54) is 6.33 Å². The van der Waals surface area contributed by atoms with Gasteiger partial charge in [0.15, 0.2) is 0 Å². The summed E-state index contributed by atoms with van der Waals surface area (Å²) < 4.78 is 0. The molecule has 0 fully saturated rings. The molecule has 0 saturated carbocycles. The van der Waals surface area contributed by atoms with E-state index in [1.807, 2.05) is 12.1 Å². The van der Waals surface area contributed by atoms with E-state index in [9.17, 15) is 0 Å². The van der Waals surface area contributed by atoms with Crippen LogP contribution in [0.4, 0.5) is 17.3 Å². The SMILES string of the molecule is N#Cc1cccc(Nc2cc(NCCCO)ncn2)c1. The van der Waals surface area contributed by atoms with Crippen molar-refractivity contribution < 1.29 is 5.11 Å². The topological polar surface area (TPSA) is 93.9 Å². The highest BCUT2D eigenvalue weighted by Gasteiger charge is 2.00. The summed E-state index contributed by atoms with van der Waals surface area (Å²) in [7, 11) is 0. The highest BCUT2D eigenvalue weighted by Crippen LogP contribution is 2.17. The van der Waals surface area contributed by atoms with Crippen LogP contribution in [-0.2, 0) is 0 Å². The van der Waals surface area contributed by atoms with Crippen LogP contribution in [-0.4, -0.2) is 28.2 Å². The Kier molecular flexibility index (Phi) is 4.87. The van der Waals surface area contributed by atoms with Gasteiger partial charge in [0, 0.05) is 24.9 Å². The van der Waals surface area contributed by atoms with Crippen LogP contribution < -0.4 is 10.6 Å². The molecule has 0 saturated heterocycles. The third kappa shape index (κ3) is 3.93. The molecule has 0 aliphatic rings. The number of aliphatic hydroxyl groups is 1. The third-order valence-corrected chi connectivity index (χ3v) is 2.57. The Morgan fingerprint density at radius 3 is 2.85 bits per heavy atom. The first kappa shape index (κ1) is 13.8. The molecule has 2 rings (SSSR count). The van der Waals surface area contributed by atoms with Gasteiger partial charge in [-0.1, -0.05) is 6.07 Å². The minimum Gasteiger partial charge on any atom is -0.396 e. The predicted molar refractivity (Wildman–Crippen MR) is 76.7 cm³/mol. The van der Waals surface area contributed by atoms with Crippen molar-refractivity contribution in [3.8, 4) is 6.07 Å². The number of anilines is 3. The number of nitriles is 1. The van der Waals surface area contributed by atoms with E-state index in [1.54, 1.807) is 18.2 Å². The van der Waals surface area contributed by atoms with Gasteiger partial charge in [-0.25, -0.2) is 9.97 Å². The number of nitrogens with zero attached hydrogens (tertiary/aromatic N) is 3. The first-order chi connectivity index (χ1) is 9.81. The molecule has 20 heavy (non-hydrogen) atoms. The summed E-state index contributed by atoms with van der Waals surface area (Å²) in [4.78, 5) is 8.21. The number of hydrogen-bond acceptors (Lipinski definition) is 6.